The maximum absolute atomic E-state index is 11.8. The van der Waals surface area contributed by atoms with Crippen LogP contribution in [0.25, 0.3) is 0 Å². The van der Waals surface area contributed by atoms with E-state index in [1.807, 2.05) is 0 Å². The molecule has 6 aliphatic heterocycles. The summed E-state index contributed by atoms with van der Waals surface area (Å²) < 4.78 is 55.0. The summed E-state index contributed by atoms with van der Waals surface area (Å²) in [5, 5.41) is 133. The summed E-state index contributed by atoms with van der Waals surface area (Å²) in [7, 11) is 0. The Labute approximate surface area is 420 Å². The third kappa shape index (κ3) is 9.26. The van der Waals surface area contributed by atoms with Gasteiger partial charge in [0.15, 0.2) is 25.2 Å². The molecule has 0 bridgehead atoms. The maximum Gasteiger partial charge on any atom is 0.187 e. The Morgan fingerprint density at radius 1 is 0.542 bits per heavy atom. The van der Waals surface area contributed by atoms with Gasteiger partial charge in [0, 0.05) is 12.5 Å². The van der Waals surface area contributed by atoms with Crippen molar-refractivity contribution in [2.75, 3.05) is 33.0 Å². The Morgan fingerprint density at radius 2 is 1.17 bits per heavy atom. The molecule has 6 saturated heterocycles. The molecule has 10 rings (SSSR count). The number of aliphatic hydroxyl groups is 12. The molecule has 72 heavy (non-hydrogen) atoms. The fraction of sp³-hybridized carbons (Fsp3) is 1.00. The molecule has 2 unspecified atom stereocenters. The molecule has 0 aromatic rings. The molecule has 13 N–H and O–H groups in total. The first-order valence-electron chi connectivity index (χ1n) is 26.8. The van der Waals surface area contributed by atoms with Crippen molar-refractivity contribution in [3.63, 3.8) is 0 Å². The van der Waals surface area contributed by atoms with Crippen LogP contribution in [0, 0.1) is 52.3 Å². The molecule has 10 aliphatic rings. The van der Waals surface area contributed by atoms with Gasteiger partial charge in [0.1, 0.15) is 97.3 Å². The van der Waals surface area contributed by atoms with E-state index in [-0.39, 0.29) is 28.8 Å². The van der Waals surface area contributed by atoms with Crippen LogP contribution in [0.5, 0.6) is 0 Å². The number of hydrogen-bond acceptors (Lipinski definition) is 22. The van der Waals surface area contributed by atoms with Crippen molar-refractivity contribution in [2.24, 2.45) is 52.3 Å². The number of piperidine rings is 1. The van der Waals surface area contributed by atoms with E-state index in [0.717, 1.165) is 45.1 Å². The molecular formula is C50H83NO21. The summed E-state index contributed by atoms with van der Waals surface area (Å²) in [5.74, 6) is 3.87. The molecule has 22 nitrogen and oxygen atoms in total. The van der Waals surface area contributed by atoms with Gasteiger partial charge in [-0.1, -0.05) is 27.7 Å². The molecule has 4 saturated carbocycles. The van der Waals surface area contributed by atoms with Crippen LogP contribution in [0.3, 0.4) is 0 Å². The van der Waals surface area contributed by atoms with Crippen LogP contribution in [0.4, 0.5) is 0 Å². The first kappa shape index (κ1) is 54.5. The van der Waals surface area contributed by atoms with Crippen LogP contribution in [-0.4, -0.2) is 229 Å². The number of ether oxygens (including phenoxy) is 9. The van der Waals surface area contributed by atoms with Crippen molar-refractivity contribution in [1.29, 1.82) is 0 Å². The molecule has 6 heterocycles. The third-order valence-corrected chi connectivity index (χ3v) is 20.2. The van der Waals surface area contributed by atoms with Crippen LogP contribution in [0.1, 0.15) is 91.9 Å². The molecule has 414 valence electrons. The number of aliphatic hydroxyl groups excluding tert-OH is 12. The van der Waals surface area contributed by atoms with E-state index in [2.05, 4.69) is 33.0 Å². The van der Waals surface area contributed by atoms with Gasteiger partial charge in [-0.15, -0.1) is 0 Å². The topological polar surface area (TPSA) is 338 Å². The first-order chi connectivity index (χ1) is 34.3. The Bertz CT molecular complexity index is 1830. The van der Waals surface area contributed by atoms with E-state index in [0.29, 0.717) is 47.8 Å². The van der Waals surface area contributed by atoms with E-state index in [4.69, 9.17) is 42.6 Å². The molecule has 22 heteroatoms. The Kier molecular flexibility index (Phi) is 15.9. The van der Waals surface area contributed by atoms with Gasteiger partial charge in [-0.05, 0) is 111 Å². The van der Waals surface area contributed by atoms with Gasteiger partial charge < -0.3 is 104 Å². The predicted octanol–water partition coefficient (Wildman–Crippen LogP) is -2.70. The van der Waals surface area contributed by atoms with Crippen molar-refractivity contribution in [1.82, 2.24) is 5.32 Å². The number of nitrogens with one attached hydrogen (secondary N) is 1. The molecule has 1 spiro atoms. The lowest BCUT2D eigenvalue weighted by atomic mass is 9.44. The van der Waals surface area contributed by atoms with Crippen molar-refractivity contribution < 1.29 is 104 Å². The summed E-state index contributed by atoms with van der Waals surface area (Å²) in [6.45, 7) is 7.84. The van der Waals surface area contributed by atoms with Gasteiger partial charge in [-0.3, -0.25) is 5.32 Å². The second-order valence-electron chi connectivity index (χ2n) is 24.0. The molecule has 0 aromatic carbocycles. The zero-order valence-electron chi connectivity index (χ0n) is 41.8. The minimum absolute atomic E-state index is 0.104. The van der Waals surface area contributed by atoms with Crippen LogP contribution < -0.4 is 5.32 Å². The van der Waals surface area contributed by atoms with Gasteiger partial charge in [0.05, 0.1) is 38.6 Å². The van der Waals surface area contributed by atoms with Gasteiger partial charge in [0.2, 0.25) is 0 Å². The molecule has 10 fully saturated rings. The van der Waals surface area contributed by atoms with Crippen LogP contribution in [0.15, 0.2) is 0 Å². The minimum Gasteiger partial charge on any atom is -0.394 e. The predicted molar refractivity (Wildman–Crippen MR) is 244 cm³/mol. The average molecular weight is 1030 g/mol. The fourth-order valence-corrected chi connectivity index (χ4v) is 16.1. The largest absolute Gasteiger partial charge is 0.394 e. The zero-order valence-corrected chi connectivity index (χ0v) is 41.8. The zero-order chi connectivity index (χ0) is 51.3. The van der Waals surface area contributed by atoms with E-state index < -0.39 is 143 Å². The second-order valence-corrected chi connectivity index (χ2v) is 24.0. The Morgan fingerprint density at radius 3 is 1.88 bits per heavy atom. The summed E-state index contributed by atoms with van der Waals surface area (Å²) in [4.78, 5) is 0. The first-order valence-corrected chi connectivity index (χ1v) is 26.8. The van der Waals surface area contributed by atoms with E-state index >= 15 is 0 Å². The smallest absolute Gasteiger partial charge is 0.187 e. The van der Waals surface area contributed by atoms with Crippen molar-refractivity contribution in [3.05, 3.63) is 0 Å². The highest BCUT2D eigenvalue weighted by molar-refractivity contribution is 5.16. The normalized spacial score (nSPS) is 57.8. The summed E-state index contributed by atoms with van der Waals surface area (Å²) >= 11 is 0. The van der Waals surface area contributed by atoms with Crippen LogP contribution in [-0.2, 0) is 42.6 Å². The lowest BCUT2D eigenvalue weighted by Gasteiger charge is -2.61. The van der Waals surface area contributed by atoms with Crippen LogP contribution >= 0.6 is 0 Å². The highest BCUT2D eigenvalue weighted by Gasteiger charge is 2.69. The fourth-order valence-electron chi connectivity index (χ4n) is 16.1. The van der Waals surface area contributed by atoms with E-state index in [1.165, 1.54) is 19.3 Å². The number of hydrogen-bond donors (Lipinski definition) is 13. The van der Waals surface area contributed by atoms with Crippen molar-refractivity contribution in [3.8, 4) is 0 Å². The Balaban J connectivity index is 0.812. The standard InChI is InChI=1S/C50H83NO21/c1-20-7-12-50(51-15-20)21(2)32-28(72-50)14-26-24-6-5-22-13-23(8-10-48(22,3)25(24)9-11-49(26,32)4)65-45-40(63)37(60)41(31(18-54)68-45)69-47-43(71-46-39(62)36(59)34(57)29(16-52)66-46)42(35(58)30(17-53)67-47)70-44-38(61)33(56)27(55)19-64-44/h20-47,51-63H,5-19H2,1-4H3/t20?,21-,22-,23-,24+,25-,26-,27+,28-,29+,30+,31+,32-,33-,34+,35+,36-,37+,38+,39+,40+,41-,42-,43+,44?,45+,46-,47-,48-,49-,50-/m0/s1. The monoisotopic (exact) mass is 1030 g/mol. The second kappa shape index (κ2) is 21.1. The summed E-state index contributed by atoms with van der Waals surface area (Å²) in [5.41, 5.74) is 0.147. The number of fused-ring (bicyclic) bond motifs is 7. The lowest BCUT2D eigenvalue weighted by Crippen LogP contribution is -2.68. The van der Waals surface area contributed by atoms with Crippen molar-refractivity contribution >= 4 is 0 Å². The summed E-state index contributed by atoms with van der Waals surface area (Å²) in [6, 6.07) is 0. The maximum atomic E-state index is 11.8. The summed E-state index contributed by atoms with van der Waals surface area (Å²) in [6.07, 6.45) is -22.4. The lowest BCUT2D eigenvalue weighted by molar-refractivity contribution is -0.404. The van der Waals surface area contributed by atoms with Crippen LogP contribution in [0.2, 0.25) is 0 Å². The molecule has 0 aromatic heterocycles. The van der Waals surface area contributed by atoms with E-state index in [1.54, 1.807) is 0 Å². The quantitative estimate of drug-likeness (QED) is 0.0937. The van der Waals surface area contributed by atoms with Gasteiger partial charge >= 0.3 is 0 Å². The van der Waals surface area contributed by atoms with Crippen molar-refractivity contribution in [2.45, 2.75) is 227 Å². The van der Waals surface area contributed by atoms with Gasteiger partial charge in [0.25, 0.3) is 0 Å². The number of rotatable bonds is 11. The SMILES string of the molecule is CC1CC[C@]2(NC1)O[C@H]1C[C@H]3[C@@H]4CC[C@H]5C[C@@H](O[C@@H]6O[C@H](CO)[C@H](O[C@@H]7O[C@H](CO)[C@@H](O)[C@H](OC8OC[C@@H](O)[C@H](O)[C@H]8O)[C@H]7O[C@@H]7O[C@H](CO)[C@@H](O)[C@H](O)[C@H]7O)[C@H](O)[C@H]6O)CC[C@]5(C)[C@H]4CC[C@]3(C)[C@H]1[C@@H]2C. The Hall–Kier alpha value is -0.880. The molecule has 0 radical (unpaired) electrons. The van der Waals surface area contributed by atoms with E-state index in [9.17, 15) is 61.3 Å². The molecular weight excluding hydrogens is 951 g/mol. The molecule has 0 amide bonds. The molecule has 31 atom stereocenters. The highest BCUT2D eigenvalue weighted by atomic mass is 16.8. The third-order valence-electron chi connectivity index (χ3n) is 20.2. The molecule has 4 aliphatic carbocycles. The van der Waals surface area contributed by atoms with Gasteiger partial charge in [-0.2, -0.15) is 0 Å². The average Bonchev–Trinajstić information content (AvgIpc) is 3.82. The van der Waals surface area contributed by atoms with Gasteiger partial charge in [-0.25, -0.2) is 0 Å². The minimum atomic E-state index is -1.99. The highest BCUT2D eigenvalue weighted by Crippen LogP contribution is 2.71.